The fourth-order valence-corrected chi connectivity index (χ4v) is 8.79. The van der Waals surface area contributed by atoms with Gasteiger partial charge in [-0.2, -0.15) is 0 Å². The average Bonchev–Trinajstić information content (AvgIpc) is 2.99. The van der Waals surface area contributed by atoms with Crippen molar-refractivity contribution in [3.8, 4) is 0 Å². The van der Waals surface area contributed by atoms with E-state index in [2.05, 4.69) is 100 Å². The highest BCUT2D eigenvalue weighted by Gasteiger charge is 2.58. The first-order valence-corrected chi connectivity index (χ1v) is 24.1. The third kappa shape index (κ3) is 9.14. The van der Waals surface area contributed by atoms with Gasteiger partial charge >= 0.3 is 0 Å². The van der Waals surface area contributed by atoms with Gasteiger partial charge in [0.2, 0.25) is 5.79 Å². The van der Waals surface area contributed by atoms with E-state index in [0.717, 1.165) is 5.57 Å². The van der Waals surface area contributed by atoms with Crippen LogP contribution in [0.15, 0.2) is 12.2 Å². The smallest absolute Gasteiger partial charge is 0.255 e. The van der Waals surface area contributed by atoms with Crippen LogP contribution in [-0.2, 0) is 46.8 Å². The number of amides is 1. The molecule has 0 spiro atoms. The van der Waals surface area contributed by atoms with Crippen molar-refractivity contribution in [1.82, 2.24) is 5.32 Å². The van der Waals surface area contributed by atoms with E-state index in [1.165, 1.54) is 0 Å². The summed E-state index contributed by atoms with van der Waals surface area (Å²) < 4.78 is 57.4. The zero-order valence-corrected chi connectivity index (χ0v) is 36.3. The molecule has 0 aliphatic carbocycles. The Morgan fingerprint density at radius 1 is 0.980 bits per heavy atom. The number of hydrogen-bond acceptors (Lipinski definition) is 10. The van der Waals surface area contributed by atoms with Crippen LogP contribution in [0, 0.1) is 11.3 Å². The van der Waals surface area contributed by atoms with Crippen molar-refractivity contribution >= 4 is 22.5 Å². The van der Waals surface area contributed by atoms with Crippen molar-refractivity contribution in [2.24, 2.45) is 11.3 Å². The number of carbonyl (C=O) groups is 1. The minimum Gasteiger partial charge on any atom is -0.414 e. The van der Waals surface area contributed by atoms with E-state index < -0.39 is 58.3 Å². The molecule has 0 aromatic heterocycles. The molecule has 10 atom stereocenters. The third-order valence-corrected chi connectivity index (χ3v) is 21.4. The number of ether oxygens (including phenoxy) is 7. The minimum absolute atomic E-state index is 0.0395. The lowest BCUT2D eigenvalue weighted by atomic mass is 9.72. The van der Waals surface area contributed by atoms with Crippen LogP contribution in [0.5, 0.6) is 0 Å². The van der Waals surface area contributed by atoms with Crippen LogP contribution >= 0.6 is 0 Å². The summed E-state index contributed by atoms with van der Waals surface area (Å²) in [5.74, 6) is -1.69. The second-order valence-electron chi connectivity index (χ2n) is 18.3. The summed E-state index contributed by atoms with van der Waals surface area (Å²) in [5, 5.41) is 3.03. The van der Waals surface area contributed by atoms with E-state index in [1.807, 2.05) is 6.92 Å². The lowest BCUT2D eigenvalue weighted by Gasteiger charge is -2.54. The topological polar surface area (TPSA) is 112 Å². The monoisotopic (exact) mass is 745 g/mol. The van der Waals surface area contributed by atoms with Gasteiger partial charge in [-0.05, 0) is 43.2 Å². The maximum atomic E-state index is 14.6. The van der Waals surface area contributed by atoms with Gasteiger partial charge < -0.3 is 47.3 Å². The molecule has 11 nitrogen and oxygen atoms in total. The molecule has 3 rings (SSSR count). The summed E-state index contributed by atoms with van der Waals surface area (Å²) in [5.41, 5.74) is 0.478. The Balaban J connectivity index is 1.94. The predicted molar refractivity (Wildman–Crippen MR) is 200 cm³/mol. The molecule has 3 fully saturated rings. The fourth-order valence-electron chi connectivity index (χ4n) is 6.52. The number of methoxy groups -OCH3 is 3. The molecule has 3 aliphatic rings. The van der Waals surface area contributed by atoms with Crippen molar-refractivity contribution in [3.05, 3.63) is 12.2 Å². The van der Waals surface area contributed by atoms with Crippen molar-refractivity contribution in [2.75, 3.05) is 34.7 Å². The van der Waals surface area contributed by atoms with Crippen LogP contribution in [0.4, 0.5) is 0 Å². The lowest BCUT2D eigenvalue weighted by Crippen LogP contribution is -2.70. The van der Waals surface area contributed by atoms with E-state index in [0.29, 0.717) is 19.4 Å². The first-order chi connectivity index (χ1) is 22.8. The fraction of sp³-hybridized carbons (Fsp3) is 0.919. The van der Waals surface area contributed by atoms with E-state index in [9.17, 15) is 4.79 Å². The van der Waals surface area contributed by atoms with Gasteiger partial charge in [-0.3, -0.25) is 4.79 Å². The normalized spacial score (nSPS) is 33.8. The molecular formula is C37H71NO10Si2. The van der Waals surface area contributed by atoms with E-state index in [4.69, 9.17) is 42.0 Å². The molecule has 3 aliphatic heterocycles. The number of fused-ring (bicyclic) bond motifs is 1. The first kappa shape index (κ1) is 43.7. The molecule has 0 aromatic rings. The predicted octanol–water partition coefficient (Wildman–Crippen LogP) is 6.77. The summed E-state index contributed by atoms with van der Waals surface area (Å²) in [4.78, 5) is 14.6. The van der Waals surface area contributed by atoms with E-state index in [-0.39, 0.29) is 47.2 Å². The maximum Gasteiger partial charge on any atom is 0.255 e. The second-order valence-corrected chi connectivity index (χ2v) is 27.9. The molecule has 0 unspecified atom stereocenters. The number of rotatable bonds is 13. The highest BCUT2D eigenvalue weighted by atomic mass is 28.4. The third-order valence-electron chi connectivity index (χ3n) is 12.5. The molecule has 50 heavy (non-hydrogen) atoms. The van der Waals surface area contributed by atoms with Gasteiger partial charge in [-0.25, -0.2) is 0 Å². The summed E-state index contributed by atoms with van der Waals surface area (Å²) in [6, 6.07) is 0. The molecule has 13 heteroatoms. The highest BCUT2D eigenvalue weighted by molar-refractivity contribution is 6.74. The Kier molecular flexibility index (Phi) is 13.9. The van der Waals surface area contributed by atoms with Gasteiger partial charge in [0.05, 0.1) is 31.0 Å². The average molecular weight is 746 g/mol. The van der Waals surface area contributed by atoms with Crippen LogP contribution in [0.3, 0.4) is 0 Å². The van der Waals surface area contributed by atoms with Gasteiger partial charge in [0.15, 0.2) is 29.0 Å². The Hall–Kier alpha value is -0.716. The molecule has 0 radical (unpaired) electrons. The van der Waals surface area contributed by atoms with Gasteiger partial charge in [-0.15, -0.1) is 0 Å². The minimum atomic E-state index is -2.53. The Bertz CT molecular complexity index is 1170. The molecule has 0 aromatic carbocycles. The van der Waals surface area contributed by atoms with Crippen LogP contribution in [0.25, 0.3) is 0 Å². The van der Waals surface area contributed by atoms with Gasteiger partial charge in [0.1, 0.15) is 19.0 Å². The molecule has 1 amide bonds. The zero-order valence-electron chi connectivity index (χ0n) is 34.3. The molecular weight excluding hydrogens is 675 g/mol. The van der Waals surface area contributed by atoms with Crippen molar-refractivity contribution in [1.29, 1.82) is 0 Å². The number of hydrogen-bond donors (Lipinski definition) is 1. The molecule has 3 heterocycles. The standard InChI is InChI=1S/C37H71NO10Si2/c1-23-20-37(42-14,47-25(3)24(23)2)31(48-50(17,18)35(7,8)9)32(39)38-33-29-28(43-22-44-33)30(41-13)36(10,11)27(46-29)19-26(40-12)21-45-49(15,16)34(4,5)6/h24-31,33H,1,19-22H2,2-18H3,(H,38,39)/t24-,25-,26-,27-,28+,29+,30-,31-,33+,37-/m1/s1. The maximum absolute atomic E-state index is 14.6. The molecule has 0 saturated carbocycles. The summed E-state index contributed by atoms with van der Waals surface area (Å²) in [6.07, 6.45) is -3.41. The quantitative estimate of drug-likeness (QED) is 0.160. The van der Waals surface area contributed by atoms with Crippen molar-refractivity contribution in [3.63, 3.8) is 0 Å². The SMILES string of the molecule is C=C1C[C@](OC)([C@H](O[Si](C)(C)C(C)(C)C)C(=O)N[C@H]2OCO[C@H]3[C@@H]2O[C@H](C[C@H](CO[Si](C)(C)C(C)(C)C)OC)C(C)(C)[C@@H]3OC)O[C@H](C)[C@@H]1C. The van der Waals surface area contributed by atoms with Crippen LogP contribution in [-0.4, -0.2) is 112 Å². The van der Waals surface area contributed by atoms with Gasteiger partial charge in [0, 0.05) is 45.5 Å². The summed E-state index contributed by atoms with van der Waals surface area (Å²) >= 11 is 0. The number of nitrogens with one attached hydrogen (secondary N) is 1. The second kappa shape index (κ2) is 15.9. The Morgan fingerprint density at radius 3 is 2.08 bits per heavy atom. The van der Waals surface area contributed by atoms with Gasteiger partial charge in [-0.1, -0.05) is 74.5 Å². The van der Waals surface area contributed by atoms with Crippen LogP contribution < -0.4 is 5.32 Å². The van der Waals surface area contributed by atoms with E-state index >= 15 is 0 Å². The molecule has 3 saturated heterocycles. The van der Waals surface area contributed by atoms with Gasteiger partial charge in [0.25, 0.3) is 5.91 Å². The summed E-state index contributed by atoms with van der Waals surface area (Å²) in [6.45, 7) is 34.8. The largest absolute Gasteiger partial charge is 0.414 e. The van der Waals surface area contributed by atoms with Crippen LogP contribution in [0.1, 0.15) is 82.1 Å². The first-order valence-electron chi connectivity index (χ1n) is 18.3. The molecule has 0 bridgehead atoms. The van der Waals surface area contributed by atoms with Crippen LogP contribution in [0.2, 0.25) is 36.3 Å². The Labute approximate surface area is 305 Å². The van der Waals surface area contributed by atoms with Crippen molar-refractivity contribution < 1.29 is 46.8 Å². The Morgan fingerprint density at radius 2 is 1.58 bits per heavy atom. The lowest BCUT2D eigenvalue weighted by molar-refractivity contribution is -0.333. The highest BCUT2D eigenvalue weighted by Crippen LogP contribution is 2.46. The van der Waals surface area contributed by atoms with E-state index in [1.54, 1.807) is 21.3 Å². The molecule has 292 valence electrons. The molecule has 1 N–H and O–H groups in total. The zero-order chi connectivity index (χ0) is 38.3. The number of carbonyl (C=O) groups excluding carboxylic acids is 1. The summed E-state index contributed by atoms with van der Waals surface area (Å²) in [7, 11) is 0.419. The van der Waals surface area contributed by atoms with Crippen molar-refractivity contribution in [2.45, 2.75) is 173 Å².